The Hall–Kier alpha value is -0.220. The molecule has 4 heteroatoms. The molecule has 0 spiro atoms. The maximum atomic E-state index is 5.41. The number of halogens is 2. The number of hydrogen-bond acceptors (Lipinski definition) is 2. The predicted octanol–water partition coefficient (Wildman–Crippen LogP) is 4.95. The van der Waals surface area contributed by atoms with E-state index in [1.54, 1.807) is 14.2 Å². The van der Waals surface area contributed by atoms with Crippen molar-refractivity contribution in [3.63, 3.8) is 0 Å². The zero-order valence-electron chi connectivity index (χ0n) is 11.2. The molecule has 0 heterocycles. The zero-order chi connectivity index (χ0) is 13.6. The van der Waals surface area contributed by atoms with Crippen LogP contribution in [0.25, 0.3) is 0 Å². The smallest absolute Gasteiger partial charge is 0.161 e. The van der Waals surface area contributed by atoms with Crippen molar-refractivity contribution in [3.05, 3.63) is 22.2 Å². The maximum Gasteiger partial charge on any atom is 0.161 e. The van der Waals surface area contributed by atoms with Crippen molar-refractivity contribution in [2.75, 3.05) is 14.2 Å². The van der Waals surface area contributed by atoms with E-state index in [4.69, 9.17) is 9.47 Å². The molecule has 0 radical (unpaired) electrons. The van der Waals surface area contributed by atoms with Crippen LogP contribution in [0.15, 0.2) is 16.6 Å². The Morgan fingerprint density at radius 2 is 1.63 bits per heavy atom. The molecule has 0 saturated heterocycles. The number of ether oxygens (including phenoxy) is 2. The van der Waals surface area contributed by atoms with Gasteiger partial charge in [0.2, 0.25) is 0 Å². The summed E-state index contributed by atoms with van der Waals surface area (Å²) in [6.07, 6.45) is 4.19. The van der Waals surface area contributed by atoms with Gasteiger partial charge in [-0.3, -0.25) is 0 Å². The van der Waals surface area contributed by atoms with Gasteiger partial charge in [-0.1, -0.05) is 31.9 Å². The minimum atomic E-state index is 0.398. The second-order valence-electron chi connectivity index (χ2n) is 5.62. The highest BCUT2D eigenvalue weighted by atomic mass is 79.9. The van der Waals surface area contributed by atoms with Gasteiger partial charge in [-0.05, 0) is 54.7 Å². The third kappa shape index (κ3) is 2.54. The highest BCUT2D eigenvalue weighted by Gasteiger charge is 2.47. The first-order valence-corrected chi connectivity index (χ1v) is 8.40. The van der Waals surface area contributed by atoms with Crippen LogP contribution in [0.2, 0.25) is 0 Å². The summed E-state index contributed by atoms with van der Waals surface area (Å²) >= 11 is 7.55. The summed E-state index contributed by atoms with van der Waals surface area (Å²) in [5, 5.41) is 0. The Bertz CT molecular complexity index is 479. The van der Waals surface area contributed by atoms with Crippen LogP contribution >= 0.6 is 31.9 Å². The summed E-state index contributed by atoms with van der Waals surface area (Å²) in [4.78, 5) is 0.398. The van der Waals surface area contributed by atoms with Gasteiger partial charge in [-0.2, -0.15) is 0 Å². The van der Waals surface area contributed by atoms with Crippen molar-refractivity contribution in [1.29, 1.82) is 0 Å². The van der Waals surface area contributed by atoms with E-state index < -0.39 is 0 Å². The van der Waals surface area contributed by atoms with Gasteiger partial charge in [-0.15, -0.1) is 0 Å². The van der Waals surface area contributed by atoms with Gasteiger partial charge in [0.15, 0.2) is 11.5 Å². The van der Waals surface area contributed by atoms with E-state index in [1.165, 1.54) is 24.8 Å². The van der Waals surface area contributed by atoms with Crippen molar-refractivity contribution < 1.29 is 9.47 Å². The number of alkyl halides is 1. The summed E-state index contributed by atoms with van der Waals surface area (Å²) in [5.41, 5.74) is 1.27. The lowest BCUT2D eigenvalue weighted by Crippen LogP contribution is -2.07. The summed E-state index contributed by atoms with van der Waals surface area (Å²) in [5.74, 6) is 4.33. The molecule has 0 aromatic heterocycles. The fourth-order valence-electron chi connectivity index (χ4n) is 3.34. The van der Waals surface area contributed by atoms with Crippen molar-refractivity contribution in [3.8, 4) is 11.5 Å². The van der Waals surface area contributed by atoms with Crippen LogP contribution in [0, 0.1) is 17.8 Å². The van der Waals surface area contributed by atoms with Crippen LogP contribution in [-0.2, 0) is 0 Å². The molecule has 0 amide bonds. The molecule has 1 aromatic rings. The largest absolute Gasteiger partial charge is 0.493 e. The number of hydrogen-bond donors (Lipinski definition) is 0. The molecule has 0 bridgehead atoms. The molecule has 19 heavy (non-hydrogen) atoms. The summed E-state index contributed by atoms with van der Waals surface area (Å²) in [6, 6.07) is 4.09. The van der Waals surface area contributed by atoms with Crippen LogP contribution < -0.4 is 9.47 Å². The van der Waals surface area contributed by atoms with E-state index in [0.29, 0.717) is 4.83 Å². The second-order valence-corrected chi connectivity index (χ2v) is 7.46. The first-order valence-electron chi connectivity index (χ1n) is 6.69. The lowest BCUT2D eigenvalue weighted by atomic mass is 9.94. The van der Waals surface area contributed by atoms with Crippen molar-refractivity contribution in [2.24, 2.45) is 17.8 Å². The number of fused-ring (bicyclic) bond motifs is 1. The fourth-order valence-corrected chi connectivity index (χ4v) is 5.02. The molecule has 3 rings (SSSR count). The first-order chi connectivity index (χ1) is 9.13. The van der Waals surface area contributed by atoms with Gasteiger partial charge in [0.05, 0.1) is 14.2 Å². The van der Waals surface area contributed by atoms with Gasteiger partial charge in [0.25, 0.3) is 0 Å². The highest BCUT2D eigenvalue weighted by Crippen LogP contribution is 2.59. The van der Waals surface area contributed by atoms with E-state index >= 15 is 0 Å². The molecule has 104 valence electrons. The monoisotopic (exact) mass is 388 g/mol. The van der Waals surface area contributed by atoms with Crippen LogP contribution in [-0.4, -0.2) is 14.2 Å². The highest BCUT2D eigenvalue weighted by molar-refractivity contribution is 9.11. The molecule has 2 aliphatic rings. The van der Waals surface area contributed by atoms with Crippen molar-refractivity contribution in [2.45, 2.75) is 24.1 Å². The average molecular weight is 390 g/mol. The zero-order valence-corrected chi connectivity index (χ0v) is 14.3. The molecule has 3 unspecified atom stereocenters. The second kappa shape index (κ2) is 5.28. The van der Waals surface area contributed by atoms with E-state index in [0.717, 1.165) is 33.7 Å². The van der Waals surface area contributed by atoms with E-state index in [-0.39, 0.29) is 0 Å². The van der Waals surface area contributed by atoms with Crippen LogP contribution in [0.5, 0.6) is 11.5 Å². The first kappa shape index (κ1) is 13.7. The Morgan fingerprint density at radius 3 is 2.21 bits per heavy atom. The van der Waals surface area contributed by atoms with Crippen LogP contribution in [0.1, 0.15) is 29.7 Å². The van der Waals surface area contributed by atoms with E-state index in [1.807, 2.05) is 6.07 Å². The summed E-state index contributed by atoms with van der Waals surface area (Å²) < 4.78 is 11.8. The molecule has 2 aliphatic carbocycles. The average Bonchev–Trinajstić information content (AvgIpc) is 3.04. The third-order valence-corrected chi connectivity index (χ3v) is 6.42. The molecule has 3 atom stereocenters. The topological polar surface area (TPSA) is 18.5 Å². The quantitative estimate of drug-likeness (QED) is 0.678. The number of rotatable bonds is 4. The van der Waals surface area contributed by atoms with Crippen LogP contribution in [0.3, 0.4) is 0 Å². The normalized spacial score (nSPS) is 29.8. The van der Waals surface area contributed by atoms with Crippen molar-refractivity contribution >= 4 is 31.9 Å². The minimum Gasteiger partial charge on any atom is -0.493 e. The molecular formula is C15H18Br2O2. The predicted molar refractivity (Wildman–Crippen MR) is 83.2 cm³/mol. The van der Waals surface area contributed by atoms with Gasteiger partial charge in [0, 0.05) is 9.30 Å². The Balaban J connectivity index is 1.86. The molecule has 0 aliphatic heterocycles. The number of methoxy groups -OCH3 is 2. The SMILES string of the molecule is COc1cc(Br)c(C(Br)C2CC3CC3C2)cc1OC. The van der Waals surface area contributed by atoms with Gasteiger partial charge >= 0.3 is 0 Å². The van der Waals surface area contributed by atoms with Crippen LogP contribution in [0.4, 0.5) is 0 Å². The van der Waals surface area contributed by atoms with Gasteiger partial charge in [-0.25, -0.2) is 0 Å². The van der Waals surface area contributed by atoms with E-state index in [2.05, 4.69) is 37.9 Å². The fraction of sp³-hybridized carbons (Fsp3) is 0.600. The molecule has 2 fully saturated rings. The van der Waals surface area contributed by atoms with E-state index in [9.17, 15) is 0 Å². The molecule has 0 N–H and O–H groups in total. The van der Waals surface area contributed by atoms with Crippen molar-refractivity contribution in [1.82, 2.24) is 0 Å². The lowest BCUT2D eigenvalue weighted by Gasteiger charge is -2.22. The molecule has 1 aromatic carbocycles. The molecule has 2 nitrogen and oxygen atoms in total. The van der Waals surface area contributed by atoms with Gasteiger partial charge < -0.3 is 9.47 Å². The Kier molecular flexibility index (Phi) is 3.82. The van der Waals surface area contributed by atoms with Gasteiger partial charge in [0.1, 0.15) is 0 Å². The summed E-state index contributed by atoms with van der Waals surface area (Å²) in [7, 11) is 3.35. The molecule has 2 saturated carbocycles. The standard InChI is InChI=1S/C15H18Br2O2/c1-18-13-6-11(12(16)7-14(13)19-2)15(17)10-4-8-3-9(8)5-10/h6-10,15H,3-5H2,1-2H3. The Labute approximate surface area is 131 Å². The Morgan fingerprint density at radius 1 is 1.05 bits per heavy atom. The third-order valence-electron chi connectivity index (χ3n) is 4.49. The minimum absolute atomic E-state index is 0.398. The maximum absolute atomic E-state index is 5.41. The number of benzene rings is 1. The molecular weight excluding hydrogens is 372 g/mol. The lowest BCUT2D eigenvalue weighted by molar-refractivity contribution is 0.353. The summed E-state index contributed by atoms with van der Waals surface area (Å²) in [6.45, 7) is 0.